The Morgan fingerprint density at radius 2 is 1.52 bits per heavy atom. The third kappa shape index (κ3) is 10.8. The highest BCUT2D eigenvalue weighted by Crippen LogP contribution is 2.26. The Bertz CT molecular complexity index is 1080. The van der Waals surface area contributed by atoms with Gasteiger partial charge >= 0.3 is 5.97 Å². The first-order valence-electron chi connectivity index (χ1n) is 13.5. The number of rotatable bonds is 18. The van der Waals surface area contributed by atoms with E-state index in [1.165, 1.54) is 7.11 Å². The fourth-order valence-corrected chi connectivity index (χ4v) is 4.38. The second-order valence-electron chi connectivity index (χ2n) is 9.83. The average molecular weight is 551 g/mol. The number of carbonyl (C=O) groups is 3. The monoisotopic (exact) mass is 550 g/mol. The molecule has 0 heterocycles. The summed E-state index contributed by atoms with van der Waals surface area (Å²) in [7, 11) is 1.50. The molecule has 2 amide bonds. The molecule has 40 heavy (non-hydrogen) atoms. The largest absolute Gasteiger partial charge is 0.455 e. The van der Waals surface area contributed by atoms with Crippen molar-refractivity contribution in [1.29, 1.82) is 0 Å². The number of aliphatic hydroxyl groups is 1. The molecule has 5 atom stereocenters. The van der Waals surface area contributed by atoms with Gasteiger partial charge in [0.1, 0.15) is 6.10 Å². The first-order chi connectivity index (χ1) is 19.3. The van der Waals surface area contributed by atoms with Gasteiger partial charge in [-0.05, 0) is 37.3 Å². The van der Waals surface area contributed by atoms with Gasteiger partial charge in [0.2, 0.25) is 11.8 Å². The molecule has 0 saturated carbocycles. The van der Waals surface area contributed by atoms with E-state index in [0.717, 1.165) is 5.56 Å². The normalized spacial score (nSPS) is 14.6. The van der Waals surface area contributed by atoms with Gasteiger partial charge in [0.25, 0.3) is 0 Å². The molecule has 8 nitrogen and oxygen atoms in total. The van der Waals surface area contributed by atoms with E-state index in [0.29, 0.717) is 18.4 Å². The number of nitrogens with one attached hydrogen (secondary N) is 2. The van der Waals surface area contributed by atoms with Crippen LogP contribution < -0.4 is 10.6 Å². The molecule has 0 bridgehead atoms. The lowest BCUT2D eigenvalue weighted by Gasteiger charge is -2.30. The Balaban J connectivity index is 2.29. The number of ether oxygens (including phenoxy) is 2. The Kier molecular flexibility index (Phi) is 14.4. The number of aliphatic hydroxyl groups excluding tert-OH is 1. The second-order valence-corrected chi connectivity index (χ2v) is 9.83. The van der Waals surface area contributed by atoms with Crippen molar-refractivity contribution in [1.82, 2.24) is 10.6 Å². The molecule has 0 aliphatic carbocycles. The van der Waals surface area contributed by atoms with Gasteiger partial charge in [-0.3, -0.25) is 14.4 Å². The third-order valence-electron chi connectivity index (χ3n) is 6.46. The Labute approximate surface area is 237 Å². The number of benzene rings is 2. The number of hydrogen-bond acceptors (Lipinski definition) is 6. The van der Waals surface area contributed by atoms with Crippen LogP contribution in [-0.4, -0.2) is 55.3 Å². The minimum Gasteiger partial charge on any atom is -0.455 e. The summed E-state index contributed by atoms with van der Waals surface area (Å²) < 4.78 is 11.5. The van der Waals surface area contributed by atoms with Crippen LogP contribution >= 0.6 is 0 Å². The molecule has 0 saturated heterocycles. The summed E-state index contributed by atoms with van der Waals surface area (Å²) in [6, 6.07) is 17.7. The summed E-state index contributed by atoms with van der Waals surface area (Å²) in [4.78, 5) is 39.4. The molecule has 0 unspecified atom stereocenters. The molecule has 0 radical (unpaired) electrons. The predicted octanol–water partition coefficient (Wildman–Crippen LogP) is 3.92. The Morgan fingerprint density at radius 3 is 2.10 bits per heavy atom. The highest BCUT2D eigenvalue weighted by atomic mass is 16.5. The molecule has 216 valence electrons. The van der Waals surface area contributed by atoms with Gasteiger partial charge in [-0.15, -0.1) is 13.2 Å². The maximum Gasteiger partial charge on any atom is 0.310 e. The Morgan fingerprint density at radius 1 is 0.925 bits per heavy atom. The van der Waals surface area contributed by atoms with Gasteiger partial charge in [0.15, 0.2) is 0 Å². The van der Waals surface area contributed by atoms with Gasteiger partial charge in [-0.1, -0.05) is 72.8 Å². The van der Waals surface area contributed by atoms with E-state index in [9.17, 15) is 19.5 Å². The van der Waals surface area contributed by atoms with Crippen LogP contribution in [0.1, 0.15) is 43.4 Å². The van der Waals surface area contributed by atoms with Crippen LogP contribution in [0.3, 0.4) is 0 Å². The molecular weight excluding hydrogens is 508 g/mol. The SMILES string of the molecule is C=CC[C@H](CC(=O)N[C@H](C)CO)C(=O)N[C@@H](COC)[C@@H](OC(=O)[C@H](CC=C)Cc1ccccc1)c1ccccc1. The van der Waals surface area contributed by atoms with Gasteiger partial charge in [0.05, 0.1) is 31.1 Å². The van der Waals surface area contributed by atoms with Crippen LogP contribution in [0.4, 0.5) is 0 Å². The molecular formula is C32H42N2O6. The zero-order chi connectivity index (χ0) is 29.3. The molecule has 2 aromatic carbocycles. The molecule has 3 N–H and O–H groups in total. The number of carbonyl (C=O) groups excluding carboxylic acids is 3. The van der Waals surface area contributed by atoms with Gasteiger partial charge in [0, 0.05) is 19.6 Å². The van der Waals surface area contributed by atoms with E-state index in [-0.39, 0.29) is 32.0 Å². The second kappa shape index (κ2) is 17.8. The maximum atomic E-state index is 13.5. The summed E-state index contributed by atoms with van der Waals surface area (Å²) in [5, 5.41) is 14.9. The van der Waals surface area contributed by atoms with Gasteiger partial charge < -0.3 is 25.2 Å². The van der Waals surface area contributed by atoms with Crippen molar-refractivity contribution in [2.45, 2.75) is 50.8 Å². The molecule has 0 fully saturated rings. The van der Waals surface area contributed by atoms with E-state index in [4.69, 9.17) is 9.47 Å². The van der Waals surface area contributed by atoms with Crippen molar-refractivity contribution in [3.63, 3.8) is 0 Å². The zero-order valence-corrected chi connectivity index (χ0v) is 23.5. The number of esters is 1. The lowest BCUT2D eigenvalue weighted by Crippen LogP contribution is -2.47. The van der Waals surface area contributed by atoms with Gasteiger partial charge in [-0.2, -0.15) is 0 Å². The first-order valence-corrected chi connectivity index (χ1v) is 13.5. The maximum absolute atomic E-state index is 13.5. The van der Waals surface area contributed by atoms with Crippen LogP contribution in [0, 0.1) is 11.8 Å². The van der Waals surface area contributed by atoms with Crippen molar-refractivity contribution < 1.29 is 29.0 Å². The van der Waals surface area contributed by atoms with E-state index in [1.54, 1.807) is 19.1 Å². The Hall–Kier alpha value is -3.75. The van der Waals surface area contributed by atoms with Crippen molar-refractivity contribution in [3.8, 4) is 0 Å². The molecule has 0 aromatic heterocycles. The minimum atomic E-state index is -0.840. The molecule has 0 aliphatic heterocycles. The highest BCUT2D eigenvalue weighted by Gasteiger charge is 2.33. The summed E-state index contributed by atoms with van der Waals surface area (Å²) in [6.45, 7) is 9.06. The fourth-order valence-electron chi connectivity index (χ4n) is 4.38. The summed E-state index contributed by atoms with van der Waals surface area (Å²) >= 11 is 0. The van der Waals surface area contributed by atoms with E-state index < -0.39 is 41.9 Å². The summed E-state index contributed by atoms with van der Waals surface area (Å²) in [6.07, 6.45) is 3.53. The van der Waals surface area contributed by atoms with Crippen molar-refractivity contribution in [2.75, 3.05) is 20.3 Å². The smallest absolute Gasteiger partial charge is 0.310 e. The highest BCUT2D eigenvalue weighted by molar-refractivity contribution is 5.86. The average Bonchev–Trinajstić information content (AvgIpc) is 2.96. The molecule has 0 aliphatic rings. The number of methoxy groups -OCH3 is 1. The predicted molar refractivity (Wildman–Crippen MR) is 155 cm³/mol. The molecule has 8 heteroatoms. The number of allylic oxidation sites excluding steroid dienone is 2. The topological polar surface area (TPSA) is 114 Å². The molecule has 0 spiro atoms. The van der Waals surface area contributed by atoms with E-state index >= 15 is 0 Å². The van der Waals surface area contributed by atoms with Crippen LogP contribution in [0.15, 0.2) is 86.0 Å². The summed E-state index contributed by atoms with van der Waals surface area (Å²) in [5.74, 6) is -2.33. The fraction of sp³-hybridized carbons (Fsp3) is 0.406. The van der Waals surface area contributed by atoms with Crippen LogP contribution in [0.5, 0.6) is 0 Å². The van der Waals surface area contributed by atoms with Crippen molar-refractivity contribution in [2.24, 2.45) is 11.8 Å². The molecule has 2 rings (SSSR count). The summed E-state index contributed by atoms with van der Waals surface area (Å²) in [5.41, 5.74) is 1.70. The van der Waals surface area contributed by atoms with Crippen molar-refractivity contribution in [3.05, 3.63) is 97.1 Å². The van der Waals surface area contributed by atoms with Crippen molar-refractivity contribution >= 4 is 17.8 Å². The minimum absolute atomic E-state index is 0.0674. The number of amides is 2. The quantitative estimate of drug-likeness (QED) is 0.192. The lowest BCUT2D eigenvalue weighted by atomic mass is 9.95. The van der Waals surface area contributed by atoms with E-state index in [2.05, 4.69) is 23.8 Å². The number of hydrogen-bond donors (Lipinski definition) is 3. The van der Waals surface area contributed by atoms with Crippen LogP contribution in [0.25, 0.3) is 0 Å². The van der Waals surface area contributed by atoms with E-state index in [1.807, 2.05) is 60.7 Å². The van der Waals surface area contributed by atoms with Crippen LogP contribution in [-0.2, 0) is 30.3 Å². The zero-order valence-electron chi connectivity index (χ0n) is 23.5. The van der Waals surface area contributed by atoms with Crippen LogP contribution in [0.2, 0.25) is 0 Å². The first kappa shape index (κ1) is 32.5. The standard InChI is InChI=1S/C32H42N2O6/c1-5-13-26(20-29(36)33-23(3)21-35)31(37)34-28(22-39-4)30(25-17-11-8-12-18-25)40-32(38)27(14-6-2)19-24-15-9-7-10-16-24/h5-12,15-18,23,26-28,30,35H,1-2,13-14,19-22H2,3-4H3,(H,33,36)(H,34,37)/t23-,26-,27-,28+,30+/m1/s1. The lowest BCUT2D eigenvalue weighted by molar-refractivity contribution is -0.158. The molecule has 2 aromatic rings. The van der Waals surface area contributed by atoms with Gasteiger partial charge in [-0.25, -0.2) is 0 Å². The third-order valence-corrected chi connectivity index (χ3v) is 6.46.